The van der Waals surface area contributed by atoms with E-state index in [1.807, 2.05) is 4.90 Å². The van der Waals surface area contributed by atoms with Gasteiger partial charge in [0.2, 0.25) is 5.91 Å². The van der Waals surface area contributed by atoms with Crippen LogP contribution in [0.4, 0.5) is 5.69 Å². The number of nitrogens with zero attached hydrogens (tertiary/aromatic N) is 3. The fourth-order valence-corrected chi connectivity index (χ4v) is 4.49. The van der Waals surface area contributed by atoms with Gasteiger partial charge in [0, 0.05) is 25.2 Å². The summed E-state index contributed by atoms with van der Waals surface area (Å²) >= 11 is 2.82. The van der Waals surface area contributed by atoms with E-state index in [2.05, 4.69) is 11.9 Å². The van der Waals surface area contributed by atoms with Gasteiger partial charge in [-0.1, -0.05) is 18.7 Å². The molecule has 8 heteroatoms. The molecule has 0 spiro atoms. The first kappa shape index (κ1) is 17.2. The summed E-state index contributed by atoms with van der Waals surface area (Å²) in [6.07, 6.45) is 3.43. The second-order valence-electron chi connectivity index (χ2n) is 5.96. The number of carbonyl (C=O) groups excluding carboxylic acids is 1. The van der Waals surface area contributed by atoms with Gasteiger partial charge in [0.15, 0.2) is 4.34 Å². The molecule has 0 bridgehead atoms. The first-order valence-corrected chi connectivity index (χ1v) is 9.82. The van der Waals surface area contributed by atoms with Crippen molar-refractivity contribution >= 4 is 44.9 Å². The van der Waals surface area contributed by atoms with Crippen molar-refractivity contribution in [2.24, 2.45) is 5.92 Å². The molecule has 1 aliphatic carbocycles. The number of hydrogen-bond acceptors (Lipinski definition) is 6. The standard InChI is InChI=1S/C16H19N3O3S2/c1-2-7-18(9-11-3-4-11)15(20)10-23-16-17-13-6-5-12(19(21)22)8-14(13)24-16/h5-6,8,11H,2-4,7,9-10H2,1H3. The van der Waals surface area contributed by atoms with Gasteiger partial charge in [-0.2, -0.15) is 0 Å². The molecule has 0 unspecified atom stereocenters. The Morgan fingerprint density at radius 1 is 1.50 bits per heavy atom. The number of thioether (sulfide) groups is 1. The Bertz CT molecular complexity index is 758. The number of hydrogen-bond donors (Lipinski definition) is 0. The lowest BCUT2D eigenvalue weighted by Gasteiger charge is -2.21. The molecular formula is C16H19N3O3S2. The predicted octanol–water partition coefficient (Wildman–Crippen LogP) is 3.95. The minimum absolute atomic E-state index is 0.0670. The van der Waals surface area contributed by atoms with Crippen LogP contribution < -0.4 is 0 Å². The van der Waals surface area contributed by atoms with Crippen molar-refractivity contribution in [1.82, 2.24) is 9.88 Å². The van der Waals surface area contributed by atoms with E-state index >= 15 is 0 Å². The molecule has 0 saturated heterocycles. The Hall–Kier alpha value is -1.67. The zero-order valence-corrected chi connectivity index (χ0v) is 15.1. The molecule has 24 heavy (non-hydrogen) atoms. The van der Waals surface area contributed by atoms with Crippen molar-refractivity contribution in [1.29, 1.82) is 0 Å². The van der Waals surface area contributed by atoms with Gasteiger partial charge in [-0.25, -0.2) is 4.98 Å². The summed E-state index contributed by atoms with van der Waals surface area (Å²) in [6, 6.07) is 4.65. The maximum absolute atomic E-state index is 12.4. The van der Waals surface area contributed by atoms with Crippen LogP contribution in [0.1, 0.15) is 26.2 Å². The quantitative estimate of drug-likeness (QED) is 0.402. The number of benzene rings is 1. The number of non-ortho nitro benzene ring substituents is 1. The topological polar surface area (TPSA) is 76.3 Å². The largest absolute Gasteiger partial charge is 0.342 e. The van der Waals surface area contributed by atoms with Crippen LogP contribution in [0.5, 0.6) is 0 Å². The molecule has 0 N–H and O–H groups in total. The number of fused-ring (bicyclic) bond motifs is 1. The van der Waals surface area contributed by atoms with Gasteiger partial charge in [0.05, 0.1) is 20.9 Å². The minimum atomic E-state index is -0.407. The Balaban J connectivity index is 1.63. The van der Waals surface area contributed by atoms with Crippen LogP contribution in [0.2, 0.25) is 0 Å². The molecule has 1 amide bonds. The molecule has 1 saturated carbocycles. The molecule has 128 valence electrons. The van der Waals surface area contributed by atoms with Gasteiger partial charge in [0.25, 0.3) is 5.69 Å². The minimum Gasteiger partial charge on any atom is -0.342 e. The molecule has 2 aromatic rings. The molecule has 1 fully saturated rings. The molecule has 6 nitrogen and oxygen atoms in total. The summed E-state index contributed by atoms with van der Waals surface area (Å²) in [5, 5.41) is 10.8. The summed E-state index contributed by atoms with van der Waals surface area (Å²) in [6.45, 7) is 3.77. The van der Waals surface area contributed by atoms with Crippen molar-refractivity contribution < 1.29 is 9.72 Å². The van der Waals surface area contributed by atoms with Crippen LogP contribution in [0, 0.1) is 16.0 Å². The van der Waals surface area contributed by atoms with E-state index in [4.69, 9.17) is 0 Å². The van der Waals surface area contributed by atoms with Crippen LogP contribution >= 0.6 is 23.1 Å². The molecule has 0 atom stereocenters. The normalized spacial score (nSPS) is 14.0. The molecule has 0 aliphatic heterocycles. The first-order chi connectivity index (χ1) is 11.6. The van der Waals surface area contributed by atoms with Crippen molar-refractivity contribution in [3.05, 3.63) is 28.3 Å². The maximum atomic E-state index is 12.4. The van der Waals surface area contributed by atoms with Gasteiger partial charge in [-0.15, -0.1) is 11.3 Å². The Labute approximate surface area is 148 Å². The number of thiazole rings is 1. The summed E-state index contributed by atoms with van der Waals surface area (Å²) in [4.78, 5) is 29.3. The third kappa shape index (κ3) is 4.24. The summed E-state index contributed by atoms with van der Waals surface area (Å²) in [5.74, 6) is 1.21. The van der Waals surface area contributed by atoms with E-state index in [0.717, 1.165) is 34.1 Å². The highest BCUT2D eigenvalue weighted by Gasteiger charge is 2.26. The molecule has 1 aliphatic rings. The summed E-state index contributed by atoms with van der Waals surface area (Å²) in [7, 11) is 0. The van der Waals surface area contributed by atoms with Crippen molar-refractivity contribution in [2.45, 2.75) is 30.5 Å². The molecular weight excluding hydrogens is 346 g/mol. The number of carbonyl (C=O) groups is 1. The van der Waals surface area contributed by atoms with E-state index in [-0.39, 0.29) is 11.6 Å². The summed E-state index contributed by atoms with van der Waals surface area (Å²) < 4.78 is 1.56. The van der Waals surface area contributed by atoms with Gasteiger partial charge in [-0.3, -0.25) is 14.9 Å². The third-order valence-electron chi connectivity index (χ3n) is 3.90. The SMILES string of the molecule is CCCN(CC1CC1)C(=O)CSc1nc2ccc([N+](=O)[O-])cc2s1. The molecule has 1 heterocycles. The van der Waals surface area contributed by atoms with Gasteiger partial charge < -0.3 is 4.90 Å². The second kappa shape index (κ2) is 7.48. The van der Waals surface area contributed by atoms with E-state index in [1.165, 1.54) is 48.1 Å². The van der Waals surface area contributed by atoms with Gasteiger partial charge in [0.1, 0.15) is 0 Å². The highest BCUT2D eigenvalue weighted by Crippen LogP contribution is 2.33. The average molecular weight is 365 g/mol. The average Bonchev–Trinajstić information content (AvgIpc) is 3.28. The molecule has 1 aromatic carbocycles. The predicted molar refractivity (Wildman–Crippen MR) is 96.6 cm³/mol. The fraction of sp³-hybridized carbons (Fsp3) is 0.500. The van der Waals surface area contributed by atoms with Gasteiger partial charge >= 0.3 is 0 Å². The lowest BCUT2D eigenvalue weighted by atomic mass is 10.3. The molecule has 1 aromatic heterocycles. The lowest BCUT2D eigenvalue weighted by molar-refractivity contribution is -0.384. The molecule has 3 rings (SSSR count). The zero-order chi connectivity index (χ0) is 17.1. The number of aromatic nitrogens is 1. The number of nitro groups is 1. The highest BCUT2D eigenvalue weighted by molar-refractivity contribution is 8.01. The number of amides is 1. The van der Waals surface area contributed by atoms with Crippen molar-refractivity contribution in [3.63, 3.8) is 0 Å². The van der Waals surface area contributed by atoms with Crippen molar-refractivity contribution in [2.75, 3.05) is 18.8 Å². The summed E-state index contributed by atoms with van der Waals surface area (Å²) in [5.41, 5.74) is 0.807. The Morgan fingerprint density at radius 2 is 2.29 bits per heavy atom. The molecule has 0 radical (unpaired) electrons. The van der Waals surface area contributed by atoms with E-state index in [1.54, 1.807) is 6.07 Å². The second-order valence-corrected chi connectivity index (χ2v) is 8.21. The van der Waals surface area contributed by atoms with Crippen LogP contribution in [0.3, 0.4) is 0 Å². The van der Waals surface area contributed by atoms with Crippen LogP contribution in [-0.2, 0) is 4.79 Å². The maximum Gasteiger partial charge on any atom is 0.270 e. The third-order valence-corrected chi connectivity index (χ3v) is 6.05. The zero-order valence-electron chi connectivity index (χ0n) is 13.4. The fourth-order valence-electron chi connectivity index (χ4n) is 2.48. The number of rotatable bonds is 8. The van der Waals surface area contributed by atoms with E-state index in [0.29, 0.717) is 11.7 Å². The lowest BCUT2D eigenvalue weighted by Crippen LogP contribution is -2.34. The first-order valence-electron chi connectivity index (χ1n) is 8.02. The van der Waals surface area contributed by atoms with Gasteiger partial charge in [-0.05, 0) is 31.2 Å². The van der Waals surface area contributed by atoms with E-state index in [9.17, 15) is 14.9 Å². The van der Waals surface area contributed by atoms with E-state index < -0.39 is 4.92 Å². The van der Waals surface area contributed by atoms with Crippen LogP contribution in [-0.4, -0.2) is 39.6 Å². The van der Waals surface area contributed by atoms with Crippen molar-refractivity contribution in [3.8, 4) is 0 Å². The Kier molecular flexibility index (Phi) is 5.35. The monoisotopic (exact) mass is 365 g/mol. The van der Waals surface area contributed by atoms with Crippen LogP contribution in [0.25, 0.3) is 10.2 Å². The highest BCUT2D eigenvalue weighted by atomic mass is 32.2. The smallest absolute Gasteiger partial charge is 0.270 e. The van der Waals surface area contributed by atoms with Crippen LogP contribution in [0.15, 0.2) is 22.5 Å². The Morgan fingerprint density at radius 3 is 2.96 bits per heavy atom. The number of nitro benzene ring substituents is 1.